The lowest BCUT2D eigenvalue weighted by molar-refractivity contribution is -0.147. The Bertz CT molecular complexity index is 801. The highest BCUT2D eigenvalue weighted by atomic mass is 16.5. The van der Waals surface area contributed by atoms with Crippen LogP contribution in [0.2, 0.25) is 0 Å². The minimum atomic E-state index is -0.132. The van der Waals surface area contributed by atoms with Gasteiger partial charge < -0.3 is 9.47 Å². The molecule has 0 aromatic heterocycles. The highest BCUT2D eigenvalue weighted by Gasteiger charge is 2.61. The van der Waals surface area contributed by atoms with Crippen molar-refractivity contribution >= 4 is 5.97 Å². The SMILES string of the molecule is CC(C)=CC1[C@@H](C(=O)OCc2ccccc2Oc2ccccc2)C1(C)C. The lowest BCUT2D eigenvalue weighted by Gasteiger charge is -2.12. The van der Waals surface area contributed by atoms with E-state index < -0.39 is 0 Å². The molecule has 2 atom stereocenters. The van der Waals surface area contributed by atoms with Crippen molar-refractivity contribution in [3.63, 3.8) is 0 Å². The summed E-state index contributed by atoms with van der Waals surface area (Å²) in [6, 6.07) is 17.3. The maximum absolute atomic E-state index is 12.6. The van der Waals surface area contributed by atoms with Gasteiger partial charge in [-0.25, -0.2) is 0 Å². The first-order chi connectivity index (χ1) is 12.4. The fourth-order valence-corrected chi connectivity index (χ4v) is 3.37. The Hall–Kier alpha value is -2.55. The molecule has 1 aliphatic rings. The number of hydrogen-bond acceptors (Lipinski definition) is 3. The van der Waals surface area contributed by atoms with Gasteiger partial charge in [0, 0.05) is 5.56 Å². The topological polar surface area (TPSA) is 35.5 Å². The van der Waals surface area contributed by atoms with Crippen LogP contribution >= 0.6 is 0 Å². The van der Waals surface area contributed by atoms with Gasteiger partial charge in [0.25, 0.3) is 0 Å². The highest BCUT2D eigenvalue weighted by Crippen LogP contribution is 2.59. The Morgan fingerprint density at radius 1 is 1.04 bits per heavy atom. The van der Waals surface area contributed by atoms with Gasteiger partial charge in [0.15, 0.2) is 0 Å². The van der Waals surface area contributed by atoms with Crippen molar-refractivity contribution < 1.29 is 14.3 Å². The van der Waals surface area contributed by atoms with E-state index in [2.05, 4.69) is 33.8 Å². The predicted molar refractivity (Wildman–Crippen MR) is 103 cm³/mol. The van der Waals surface area contributed by atoms with Crippen LogP contribution in [0, 0.1) is 17.3 Å². The normalized spacial score (nSPS) is 20.2. The second kappa shape index (κ2) is 7.36. The molecule has 0 heterocycles. The van der Waals surface area contributed by atoms with Gasteiger partial charge in [-0.15, -0.1) is 0 Å². The third-order valence-corrected chi connectivity index (χ3v) is 4.99. The second-order valence-corrected chi connectivity index (χ2v) is 7.70. The van der Waals surface area contributed by atoms with Crippen molar-refractivity contribution in [1.29, 1.82) is 0 Å². The number of carbonyl (C=O) groups excluding carboxylic acids is 1. The van der Waals surface area contributed by atoms with E-state index in [0.29, 0.717) is 5.75 Å². The van der Waals surface area contributed by atoms with E-state index in [1.165, 1.54) is 5.57 Å². The van der Waals surface area contributed by atoms with E-state index in [9.17, 15) is 4.79 Å². The smallest absolute Gasteiger partial charge is 0.310 e. The summed E-state index contributed by atoms with van der Waals surface area (Å²) in [5.74, 6) is 1.53. The number of para-hydroxylation sites is 2. The van der Waals surface area contributed by atoms with Crippen molar-refractivity contribution in [2.45, 2.75) is 34.3 Å². The summed E-state index contributed by atoms with van der Waals surface area (Å²) in [7, 11) is 0. The molecule has 0 saturated heterocycles. The summed E-state index contributed by atoms with van der Waals surface area (Å²) < 4.78 is 11.6. The lowest BCUT2D eigenvalue weighted by Crippen LogP contribution is -2.11. The molecule has 1 aliphatic carbocycles. The lowest BCUT2D eigenvalue weighted by atomic mass is 10.1. The van der Waals surface area contributed by atoms with Crippen molar-refractivity contribution in [2.24, 2.45) is 17.3 Å². The Balaban J connectivity index is 1.65. The summed E-state index contributed by atoms with van der Waals surface area (Å²) in [5, 5.41) is 0. The van der Waals surface area contributed by atoms with Crippen LogP contribution in [0.25, 0.3) is 0 Å². The van der Waals surface area contributed by atoms with E-state index in [-0.39, 0.29) is 29.8 Å². The molecule has 0 bridgehead atoms. The summed E-state index contributed by atoms with van der Waals surface area (Å²) in [6.07, 6.45) is 2.18. The van der Waals surface area contributed by atoms with E-state index in [0.717, 1.165) is 11.3 Å². The van der Waals surface area contributed by atoms with Gasteiger partial charge in [-0.3, -0.25) is 4.79 Å². The van der Waals surface area contributed by atoms with Gasteiger partial charge in [-0.05, 0) is 43.4 Å². The van der Waals surface area contributed by atoms with Gasteiger partial charge in [-0.2, -0.15) is 0 Å². The molecule has 0 radical (unpaired) electrons. The third kappa shape index (κ3) is 3.98. The van der Waals surface area contributed by atoms with Crippen molar-refractivity contribution in [1.82, 2.24) is 0 Å². The average molecular weight is 350 g/mol. The number of carbonyl (C=O) groups is 1. The first-order valence-corrected chi connectivity index (χ1v) is 9.02. The minimum absolute atomic E-state index is 0.0333. The summed E-state index contributed by atoms with van der Waals surface area (Å²) >= 11 is 0. The van der Waals surface area contributed by atoms with Crippen LogP contribution in [-0.2, 0) is 16.1 Å². The Morgan fingerprint density at radius 2 is 1.69 bits per heavy atom. The zero-order valence-electron chi connectivity index (χ0n) is 15.9. The molecule has 1 unspecified atom stereocenters. The molecule has 136 valence electrons. The first-order valence-electron chi connectivity index (χ1n) is 9.02. The fourth-order valence-electron chi connectivity index (χ4n) is 3.37. The van der Waals surface area contributed by atoms with E-state index in [4.69, 9.17) is 9.47 Å². The zero-order chi connectivity index (χ0) is 18.7. The Morgan fingerprint density at radius 3 is 2.38 bits per heavy atom. The molecule has 0 spiro atoms. The van der Waals surface area contributed by atoms with Gasteiger partial charge in [-0.1, -0.05) is 61.9 Å². The second-order valence-electron chi connectivity index (χ2n) is 7.70. The Labute approximate surface area is 155 Å². The molecule has 1 saturated carbocycles. The molecule has 2 aromatic carbocycles. The molecule has 2 aromatic rings. The van der Waals surface area contributed by atoms with Gasteiger partial charge in [0.2, 0.25) is 0 Å². The van der Waals surface area contributed by atoms with Crippen LogP contribution in [0.3, 0.4) is 0 Å². The van der Waals surface area contributed by atoms with Crippen LogP contribution in [-0.4, -0.2) is 5.97 Å². The van der Waals surface area contributed by atoms with Crippen molar-refractivity contribution in [3.05, 3.63) is 71.8 Å². The van der Waals surface area contributed by atoms with Gasteiger partial charge in [0.1, 0.15) is 18.1 Å². The maximum atomic E-state index is 12.6. The number of benzene rings is 2. The minimum Gasteiger partial charge on any atom is -0.460 e. The molecular weight excluding hydrogens is 324 g/mol. The molecule has 26 heavy (non-hydrogen) atoms. The van der Waals surface area contributed by atoms with E-state index in [1.54, 1.807) is 0 Å². The number of esters is 1. The van der Waals surface area contributed by atoms with Crippen molar-refractivity contribution in [3.8, 4) is 11.5 Å². The number of rotatable bonds is 6. The standard InChI is InChI=1S/C23H26O3/c1-16(2)14-19-21(23(19,3)4)22(24)25-15-17-10-8-9-13-20(17)26-18-11-6-5-7-12-18/h5-14,19,21H,15H2,1-4H3/t19?,21-/m0/s1. The molecule has 3 nitrogen and oxygen atoms in total. The van der Waals surface area contributed by atoms with E-state index in [1.807, 2.05) is 54.6 Å². The summed E-state index contributed by atoms with van der Waals surface area (Å²) in [4.78, 5) is 12.6. The van der Waals surface area contributed by atoms with Crippen LogP contribution in [0.1, 0.15) is 33.3 Å². The predicted octanol–water partition coefficient (Wildman–Crippen LogP) is 5.76. The molecule has 0 amide bonds. The number of allylic oxidation sites excluding steroid dienone is 2. The third-order valence-electron chi connectivity index (χ3n) is 4.99. The van der Waals surface area contributed by atoms with Crippen LogP contribution in [0.15, 0.2) is 66.2 Å². The number of ether oxygens (including phenoxy) is 2. The molecule has 3 rings (SSSR count). The summed E-state index contributed by atoms with van der Waals surface area (Å²) in [5.41, 5.74) is 2.07. The van der Waals surface area contributed by atoms with Crippen LogP contribution in [0.4, 0.5) is 0 Å². The first kappa shape index (κ1) is 18.2. The largest absolute Gasteiger partial charge is 0.460 e. The monoisotopic (exact) mass is 350 g/mol. The number of hydrogen-bond donors (Lipinski definition) is 0. The maximum Gasteiger partial charge on any atom is 0.310 e. The fraction of sp³-hybridized carbons (Fsp3) is 0.348. The zero-order valence-corrected chi connectivity index (χ0v) is 15.9. The Kier molecular flexibility index (Phi) is 5.17. The van der Waals surface area contributed by atoms with E-state index >= 15 is 0 Å². The molecule has 1 fully saturated rings. The quantitative estimate of drug-likeness (QED) is 0.491. The molecule has 3 heteroatoms. The van der Waals surface area contributed by atoms with Crippen molar-refractivity contribution in [2.75, 3.05) is 0 Å². The molecule has 0 aliphatic heterocycles. The van der Waals surface area contributed by atoms with Gasteiger partial charge in [0.05, 0.1) is 5.92 Å². The molecule has 0 N–H and O–H groups in total. The van der Waals surface area contributed by atoms with Crippen LogP contribution in [0.5, 0.6) is 11.5 Å². The van der Waals surface area contributed by atoms with Crippen LogP contribution < -0.4 is 4.74 Å². The average Bonchev–Trinajstić information content (AvgIpc) is 3.14. The van der Waals surface area contributed by atoms with Gasteiger partial charge >= 0.3 is 5.97 Å². The molecular formula is C23H26O3. The highest BCUT2D eigenvalue weighted by molar-refractivity contribution is 5.78. The summed E-state index contributed by atoms with van der Waals surface area (Å²) in [6.45, 7) is 8.59.